The molecule has 0 fully saturated rings. The minimum absolute atomic E-state index is 0.608. The molecule has 0 radical (unpaired) electrons. The second-order valence-corrected chi connectivity index (χ2v) is 6.77. The molecule has 0 saturated heterocycles. The van der Waals surface area contributed by atoms with Gasteiger partial charge >= 0.3 is 0 Å². The molecule has 6 heteroatoms. The van der Waals surface area contributed by atoms with E-state index in [1.54, 1.807) is 6.20 Å². The van der Waals surface area contributed by atoms with Gasteiger partial charge in [0.2, 0.25) is 5.88 Å². The fraction of sp³-hybridized carbons (Fsp3) is 0.364. The van der Waals surface area contributed by atoms with Crippen molar-refractivity contribution in [3.8, 4) is 17.4 Å². The van der Waals surface area contributed by atoms with Crippen LogP contribution in [0.2, 0.25) is 0 Å². The molecule has 0 aliphatic carbocycles. The normalized spacial score (nSPS) is 10.9. The number of aryl methyl sites for hydroxylation is 2. The summed E-state index contributed by atoms with van der Waals surface area (Å²) in [5.74, 6) is 2.19. The number of hydrogen-bond acceptors (Lipinski definition) is 5. The van der Waals surface area contributed by atoms with Crippen molar-refractivity contribution >= 4 is 0 Å². The van der Waals surface area contributed by atoms with Gasteiger partial charge < -0.3 is 14.8 Å². The standard InChI is InChI=1S/C22H28N4O2/c1-5-13-27-19-8-10-20(11-9-19)28-22-18(7-6-12-24-22)14-23-15-21-16(2)25-26(4)17(21)3/h6-12,23H,5,13-15H2,1-4H3. The quantitative estimate of drug-likeness (QED) is 0.600. The second kappa shape index (κ2) is 9.37. The number of nitrogens with zero attached hydrogens (tertiary/aromatic N) is 3. The van der Waals surface area contributed by atoms with Crippen LogP contribution in [-0.4, -0.2) is 21.4 Å². The average molecular weight is 380 g/mol. The zero-order chi connectivity index (χ0) is 19.9. The van der Waals surface area contributed by atoms with Gasteiger partial charge in [0.15, 0.2) is 0 Å². The number of ether oxygens (including phenoxy) is 2. The molecule has 0 atom stereocenters. The molecule has 3 rings (SSSR count). The lowest BCUT2D eigenvalue weighted by atomic mass is 10.2. The van der Waals surface area contributed by atoms with Gasteiger partial charge in [-0.2, -0.15) is 5.10 Å². The molecule has 0 bridgehead atoms. The fourth-order valence-electron chi connectivity index (χ4n) is 2.98. The Morgan fingerprint density at radius 2 is 1.79 bits per heavy atom. The molecule has 0 amide bonds. The van der Waals surface area contributed by atoms with E-state index >= 15 is 0 Å². The molecule has 0 aliphatic rings. The molecular formula is C22H28N4O2. The number of pyridine rings is 1. The molecule has 148 valence electrons. The van der Waals surface area contributed by atoms with Crippen molar-refractivity contribution in [2.24, 2.45) is 7.05 Å². The van der Waals surface area contributed by atoms with Crippen molar-refractivity contribution in [2.45, 2.75) is 40.3 Å². The van der Waals surface area contributed by atoms with Crippen LogP contribution in [0.4, 0.5) is 0 Å². The van der Waals surface area contributed by atoms with Gasteiger partial charge in [-0.05, 0) is 50.6 Å². The first-order valence-electron chi connectivity index (χ1n) is 9.63. The van der Waals surface area contributed by atoms with E-state index in [4.69, 9.17) is 9.47 Å². The molecule has 2 aromatic heterocycles. The lowest BCUT2D eigenvalue weighted by molar-refractivity contribution is 0.317. The molecule has 1 N–H and O–H groups in total. The van der Waals surface area contributed by atoms with Gasteiger partial charge in [0, 0.05) is 43.2 Å². The highest BCUT2D eigenvalue weighted by molar-refractivity contribution is 5.36. The van der Waals surface area contributed by atoms with Gasteiger partial charge in [-0.15, -0.1) is 0 Å². The number of hydrogen-bond donors (Lipinski definition) is 1. The maximum Gasteiger partial charge on any atom is 0.223 e. The molecular weight excluding hydrogens is 352 g/mol. The number of rotatable bonds is 9. The van der Waals surface area contributed by atoms with Gasteiger partial charge in [0.05, 0.1) is 12.3 Å². The molecule has 0 spiro atoms. The van der Waals surface area contributed by atoms with E-state index in [1.165, 1.54) is 11.3 Å². The molecule has 1 aromatic carbocycles. The predicted molar refractivity (Wildman–Crippen MR) is 110 cm³/mol. The van der Waals surface area contributed by atoms with Crippen molar-refractivity contribution in [1.29, 1.82) is 0 Å². The summed E-state index contributed by atoms with van der Waals surface area (Å²) >= 11 is 0. The van der Waals surface area contributed by atoms with Crippen LogP contribution in [0.1, 0.15) is 35.9 Å². The van der Waals surface area contributed by atoms with Crippen LogP contribution in [0, 0.1) is 13.8 Å². The summed E-state index contributed by atoms with van der Waals surface area (Å²) < 4.78 is 13.5. The van der Waals surface area contributed by atoms with Gasteiger partial charge in [-0.25, -0.2) is 4.98 Å². The summed E-state index contributed by atoms with van der Waals surface area (Å²) in [5.41, 5.74) is 4.48. The third-order valence-electron chi connectivity index (χ3n) is 4.64. The van der Waals surface area contributed by atoms with Gasteiger partial charge in [-0.3, -0.25) is 4.68 Å². The van der Waals surface area contributed by atoms with Crippen molar-refractivity contribution in [3.05, 3.63) is 65.1 Å². The molecule has 0 unspecified atom stereocenters. The summed E-state index contributed by atoms with van der Waals surface area (Å²) in [6.45, 7) is 8.34. The van der Waals surface area contributed by atoms with Crippen LogP contribution >= 0.6 is 0 Å². The van der Waals surface area contributed by atoms with E-state index in [1.807, 2.05) is 55.1 Å². The topological polar surface area (TPSA) is 61.2 Å². The summed E-state index contributed by atoms with van der Waals surface area (Å²) in [6.07, 6.45) is 2.73. The minimum atomic E-state index is 0.608. The monoisotopic (exact) mass is 380 g/mol. The molecule has 0 aliphatic heterocycles. The van der Waals surface area contributed by atoms with E-state index in [2.05, 4.69) is 29.2 Å². The number of benzene rings is 1. The Balaban J connectivity index is 1.63. The Morgan fingerprint density at radius 3 is 2.46 bits per heavy atom. The lowest BCUT2D eigenvalue weighted by Crippen LogP contribution is -2.14. The molecule has 28 heavy (non-hydrogen) atoms. The Kier molecular flexibility index (Phi) is 6.66. The third-order valence-corrected chi connectivity index (χ3v) is 4.64. The first-order chi connectivity index (χ1) is 13.6. The third kappa shape index (κ3) is 4.89. The van der Waals surface area contributed by atoms with Gasteiger partial charge in [0.1, 0.15) is 11.5 Å². The fourth-order valence-corrected chi connectivity index (χ4v) is 2.98. The van der Waals surface area contributed by atoms with Crippen molar-refractivity contribution in [1.82, 2.24) is 20.1 Å². The summed E-state index contributed by atoms with van der Waals surface area (Å²) in [7, 11) is 1.97. The highest BCUT2D eigenvalue weighted by Gasteiger charge is 2.10. The van der Waals surface area contributed by atoms with Crippen LogP contribution in [0.3, 0.4) is 0 Å². The molecule has 6 nitrogen and oxygen atoms in total. The number of aromatic nitrogens is 3. The Hall–Kier alpha value is -2.86. The lowest BCUT2D eigenvalue weighted by Gasteiger charge is -2.12. The molecule has 0 saturated carbocycles. The highest BCUT2D eigenvalue weighted by atomic mass is 16.5. The summed E-state index contributed by atoms with van der Waals surface area (Å²) in [4.78, 5) is 4.40. The SMILES string of the molecule is CCCOc1ccc(Oc2ncccc2CNCc2c(C)nn(C)c2C)cc1. The highest BCUT2D eigenvalue weighted by Crippen LogP contribution is 2.25. The van der Waals surface area contributed by atoms with Gasteiger partial charge in [-0.1, -0.05) is 13.0 Å². The van der Waals surface area contributed by atoms with Crippen LogP contribution in [0.5, 0.6) is 17.4 Å². The molecule has 2 heterocycles. The first kappa shape index (κ1) is 19.9. The predicted octanol–water partition coefficient (Wildman–Crippen LogP) is 4.30. The van der Waals surface area contributed by atoms with Crippen LogP contribution < -0.4 is 14.8 Å². The minimum Gasteiger partial charge on any atom is -0.494 e. The van der Waals surface area contributed by atoms with Crippen LogP contribution in [-0.2, 0) is 20.1 Å². The summed E-state index contributed by atoms with van der Waals surface area (Å²) in [6, 6.07) is 11.6. The van der Waals surface area contributed by atoms with Gasteiger partial charge in [0.25, 0.3) is 0 Å². The van der Waals surface area contributed by atoms with Crippen molar-refractivity contribution < 1.29 is 9.47 Å². The Morgan fingerprint density at radius 1 is 1.04 bits per heavy atom. The maximum atomic E-state index is 6.00. The Labute approximate surface area is 166 Å². The first-order valence-corrected chi connectivity index (χ1v) is 9.63. The van der Waals surface area contributed by atoms with E-state index in [9.17, 15) is 0 Å². The summed E-state index contributed by atoms with van der Waals surface area (Å²) in [5, 5.41) is 7.94. The van der Waals surface area contributed by atoms with Crippen molar-refractivity contribution in [2.75, 3.05) is 6.61 Å². The Bertz CT molecular complexity index is 903. The maximum absolute atomic E-state index is 6.00. The van der Waals surface area contributed by atoms with E-state index in [-0.39, 0.29) is 0 Å². The smallest absolute Gasteiger partial charge is 0.223 e. The number of nitrogens with one attached hydrogen (secondary N) is 1. The van der Waals surface area contributed by atoms with Crippen LogP contribution in [0.15, 0.2) is 42.6 Å². The van der Waals surface area contributed by atoms with Crippen molar-refractivity contribution in [3.63, 3.8) is 0 Å². The van der Waals surface area contributed by atoms with E-state index in [0.29, 0.717) is 19.0 Å². The zero-order valence-electron chi connectivity index (χ0n) is 17.0. The zero-order valence-corrected chi connectivity index (χ0v) is 17.0. The van der Waals surface area contributed by atoms with Crippen LogP contribution in [0.25, 0.3) is 0 Å². The molecule has 3 aromatic rings. The van der Waals surface area contributed by atoms with E-state index in [0.717, 1.165) is 35.7 Å². The van der Waals surface area contributed by atoms with E-state index < -0.39 is 0 Å². The average Bonchev–Trinajstić information content (AvgIpc) is 2.94. The largest absolute Gasteiger partial charge is 0.494 e. The second-order valence-electron chi connectivity index (χ2n) is 6.77.